The Hall–Kier alpha value is -1.72. The second-order valence-corrected chi connectivity index (χ2v) is 3.87. The Labute approximate surface area is 95.8 Å². The summed E-state index contributed by atoms with van der Waals surface area (Å²) < 4.78 is 39.5. The molecule has 2 rings (SSSR count). The Morgan fingerprint density at radius 1 is 1.24 bits per heavy atom. The molecule has 0 unspecified atom stereocenters. The molecule has 0 atom stereocenters. The maximum atomic E-state index is 11.9. The van der Waals surface area contributed by atoms with Crippen LogP contribution in [-0.2, 0) is 4.79 Å². The van der Waals surface area contributed by atoms with Gasteiger partial charge in [0.25, 0.3) is 0 Å². The number of carbonyl (C=O) groups is 1. The normalized spacial score (nSPS) is 16.5. The zero-order valence-corrected chi connectivity index (χ0v) is 8.78. The molecule has 0 saturated carbocycles. The molecule has 1 fully saturated rings. The molecule has 6 heteroatoms. The first kappa shape index (κ1) is 11.8. The van der Waals surface area contributed by atoms with Crippen LogP contribution in [0.15, 0.2) is 24.3 Å². The minimum atomic E-state index is -4.66. The van der Waals surface area contributed by atoms with Crippen molar-refractivity contribution < 1.29 is 22.7 Å². The minimum absolute atomic E-state index is 0.208. The van der Waals surface area contributed by atoms with Crippen molar-refractivity contribution in [1.29, 1.82) is 0 Å². The van der Waals surface area contributed by atoms with Crippen molar-refractivity contribution in [2.24, 2.45) is 0 Å². The molecule has 17 heavy (non-hydrogen) atoms. The summed E-state index contributed by atoms with van der Waals surface area (Å²) in [5.41, 5.74) is 0.914. The van der Waals surface area contributed by atoms with Gasteiger partial charge in [-0.05, 0) is 17.7 Å². The topological polar surface area (TPSA) is 29.5 Å². The smallest absolute Gasteiger partial charge is 0.406 e. The highest BCUT2D eigenvalue weighted by atomic mass is 19.4. The van der Waals surface area contributed by atoms with Gasteiger partial charge < -0.3 is 9.64 Å². The molecule has 1 heterocycles. The molecule has 1 saturated heterocycles. The van der Waals surface area contributed by atoms with E-state index in [0.717, 1.165) is 12.0 Å². The van der Waals surface area contributed by atoms with Crippen molar-refractivity contribution in [2.45, 2.75) is 12.3 Å². The van der Waals surface area contributed by atoms with Crippen LogP contribution in [-0.4, -0.2) is 30.8 Å². The number of carbonyl (C=O) groups excluding carboxylic acids is 1. The summed E-state index contributed by atoms with van der Waals surface area (Å²) in [6, 6.07) is 5.75. The molecule has 3 nitrogen and oxygen atoms in total. The molecular weight excluding hydrogens is 235 g/mol. The van der Waals surface area contributed by atoms with Gasteiger partial charge in [-0.2, -0.15) is 0 Å². The molecule has 0 aliphatic carbocycles. The fourth-order valence-corrected chi connectivity index (χ4v) is 1.75. The average Bonchev–Trinajstić information content (AvgIpc) is 2.16. The van der Waals surface area contributed by atoms with Crippen molar-refractivity contribution in [3.05, 3.63) is 29.8 Å². The first-order valence-electron chi connectivity index (χ1n) is 5.03. The van der Waals surface area contributed by atoms with Gasteiger partial charge in [-0.25, -0.2) is 0 Å². The maximum Gasteiger partial charge on any atom is 0.573 e. The lowest BCUT2D eigenvalue weighted by Crippen LogP contribution is -2.43. The summed E-state index contributed by atoms with van der Waals surface area (Å²) in [4.78, 5) is 12.0. The Morgan fingerprint density at radius 2 is 1.82 bits per heavy atom. The van der Waals surface area contributed by atoms with E-state index in [4.69, 9.17) is 0 Å². The molecule has 0 spiro atoms. The van der Waals surface area contributed by atoms with Crippen LogP contribution in [0.5, 0.6) is 5.75 Å². The molecule has 1 aliphatic heterocycles. The third-order valence-electron chi connectivity index (χ3n) is 2.64. The SMILES string of the molecule is O=CN1CC(c2ccc(OC(F)(F)F)cc2)C1. The Kier molecular flexibility index (Phi) is 2.95. The lowest BCUT2D eigenvalue weighted by Gasteiger charge is -2.36. The Balaban J connectivity index is 1.97. The molecule has 0 bridgehead atoms. The molecule has 1 aliphatic rings. The van der Waals surface area contributed by atoms with Crippen molar-refractivity contribution in [1.82, 2.24) is 4.90 Å². The monoisotopic (exact) mass is 245 g/mol. The standard InChI is InChI=1S/C11H10F3NO2/c12-11(13,14)17-10-3-1-8(2-4-10)9-5-15(6-9)7-16/h1-4,7,9H,5-6H2. The summed E-state index contributed by atoms with van der Waals surface area (Å²) in [6.07, 6.45) is -3.90. The van der Waals surface area contributed by atoms with Gasteiger partial charge in [0.15, 0.2) is 0 Å². The second-order valence-electron chi connectivity index (χ2n) is 3.87. The molecular formula is C11H10F3NO2. The van der Waals surface area contributed by atoms with Crippen LogP contribution in [0.25, 0.3) is 0 Å². The summed E-state index contributed by atoms with van der Waals surface area (Å²) >= 11 is 0. The summed E-state index contributed by atoms with van der Waals surface area (Å²) in [5.74, 6) is -0.0204. The fraction of sp³-hybridized carbons (Fsp3) is 0.364. The van der Waals surface area contributed by atoms with Gasteiger partial charge >= 0.3 is 6.36 Å². The first-order valence-corrected chi connectivity index (χ1v) is 5.03. The van der Waals surface area contributed by atoms with E-state index in [2.05, 4.69) is 4.74 Å². The number of alkyl halides is 3. The molecule has 1 amide bonds. The molecule has 0 aromatic heterocycles. The number of hydrogen-bond donors (Lipinski definition) is 0. The largest absolute Gasteiger partial charge is 0.573 e. The van der Waals surface area contributed by atoms with E-state index in [9.17, 15) is 18.0 Å². The number of halogens is 3. The van der Waals surface area contributed by atoms with Gasteiger partial charge in [-0.15, -0.1) is 13.2 Å². The van der Waals surface area contributed by atoms with Crippen molar-refractivity contribution in [2.75, 3.05) is 13.1 Å². The highest BCUT2D eigenvalue weighted by Crippen LogP contribution is 2.28. The Bertz CT molecular complexity index is 396. The highest BCUT2D eigenvalue weighted by Gasteiger charge is 2.31. The number of hydrogen-bond acceptors (Lipinski definition) is 2. The molecule has 1 aromatic rings. The van der Waals surface area contributed by atoms with E-state index < -0.39 is 6.36 Å². The van der Waals surface area contributed by atoms with Crippen LogP contribution in [0.4, 0.5) is 13.2 Å². The van der Waals surface area contributed by atoms with Gasteiger partial charge in [0.2, 0.25) is 6.41 Å². The van der Waals surface area contributed by atoms with Gasteiger partial charge in [-0.1, -0.05) is 12.1 Å². The van der Waals surface area contributed by atoms with E-state index in [-0.39, 0.29) is 11.7 Å². The van der Waals surface area contributed by atoms with Gasteiger partial charge in [0, 0.05) is 19.0 Å². The van der Waals surface area contributed by atoms with Crippen LogP contribution < -0.4 is 4.74 Å². The van der Waals surface area contributed by atoms with Gasteiger partial charge in [-0.3, -0.25) is 4.79 Å². The van der Waals surface area contributed by atoms with Crippen LogP contribution in [0.3, 0.4) is 0 Å². The molecule has 92 valence electrons. The lowest BCUT2D eigenvalue weighted by molar-refractivity contribution is -0.274. The quantitative estimate of drug-likeness (QED) is 0.763. The molecule has 0 radical (unpaired) electrons. The predicted molar refractivity (Wildman–Crippen MR) is 53.5 cm³/mol. The van der Waals surface area contributed by atoms with Gasteiger partial charge in [0.05, 0.1) is 0 Å². The van der Waals surface area contributed by atoms with Crippen molar-refractivity contribution in [3.8, 4) is 5.75 Å². The van der Waals surface area contributed by atoms with Crippen LogP contribution in [0.2, 0.25) is 0 Å². The van der Waals surface area contributed by atoms with Crippen LogP contribution >= 0.6 is 0 Å². The third-order valence-corrected chi connectivity index (χ3v) is 2.64. The zero-order valence-electron chi connectivity index (χ0n) is 8.78. The van der Waals surface area contributed by atoms with E-state index >= 15 is 0 Å². The predicted octanol–water partition coefficient (Wildman–Crippen LogP) is 2.14. The summed E-state index contributed by atoms with van der Waals surface area (Å²) in [7, 11) is 0. The van der Waals surface area contributed by atoms with E-state index in [1.54, 1.807) is 17.0 Å². The second kappa shape index (κ2) is 4.27. The fourth-order valence-electron chi connectivity index (χ4n) is 1.75. The van der Waals surface area contributed by atoms with Gasteiger partial charge in [0.1, 0.15) is 5.75 Å². The molecule has 0 N–H and O–H groups in total. The number of likely N-dealkylation sites (tertiary alicyclic amines) is 1. The number of benzene rings is 1. The number of ether oxygens (including phenoxy) is 1. The number of amides is 1. The summed E-state index contributed by atoms with van der Waals surface area (Å²) in [5, 5.41) is 0. The van der Waals surface area contributed by atoms with Crippen molar-refractivity contribution in [3.63, 3.8) is 0 Å². The Morgan fingerprint density at radius 3 is 2.29 bits per heavy atom. The highest BCUT2D eigenvalue weighted by molar-refractivity contribution is 5.50. The molecule has 1 aromatic carbocycles. The van der Waals surface area contributed by atoms with Crippen LogP contribution in [0, 0.1) is 0 Å². The van der Waals surface area contributed by atoms with E-state index in [1.807, 2.05) is 0 Å². The third kappa shape index (κ3) is 2.89. The van der Waals surface area contributed by atoms with E-state index in [1.165, 1.54) is 12.1 Å². The van der Waals surface area contributed by atoms with Crippen molar-refractivity contribution >= 4 is 6.41 Å². The first-order chi connectivity index (χ1) is 7.98. The van der Waals surface area contributed by atoms with Crippen LogP contribution in [0.1, 0.15) is 11.5 Å². The number of nitrogens with zero attached hydrogens (tertiary/aromatic N) is 1. The summed E-state index contributed by atoms with van der Waals surface area (Å²) in [6.45, 7) is 1.23. The minimum Gasteiger partial charge on any atom is -0.406 e. The number of rotatable bonds is 3. The maximum absolute atomic E-state index is 11.9. The lowest BCUT2D eigenvalue weighted by atomic mass is 9.92. The van der Waals surface area contributed by atoms with E-state index in [0.29, 0.717) is 13.1 Å². The average molecular weight is 245 g/mol. The zero-order chi connectivity index (χ0) is 12.5.